The van der Waals surface area contributed by atoms with Gasteiger partial charge >= 0.3 is 0 Å². The van der Waals surface area contributed by atoms with Crippen LogP contribution in [0.25, 0.3) is 0 Å². The van der Waals surface area contributed by atoms with Crippen molar-refractivity contribution < 1.29 is 0 Å². The highest BCUT2D eigenvalue weighted by Crippen LogP contribution is 2.00. The standard InChI is InChI=1S/C7H14N2/c1-9(2)7-5-3-4-6-8-7/h3-4,7-8H,5-6H2,1-2H3. The monoisotopic (exact) mass is 126 g/mol. The van der Waals surface area contributed by atoms with Gasteiger partial charge in [-0.3, -0.25) is 10.2 Å². The van der Waals surface area contributed by atoms with E-state index in [2.05, 4.69) is 36.5 Å². The molecular formula is C7H14N2. The number of hydrogen-bond donors (Lipinski definition) is 1. The van der Waals surface area contributed by atoms with E-state index in [1.807, 2.05) is 0 Å². The minimum absolute atomic E-state index is 0.551. The zero-order chi connectivity index (χ0) is 6.69. The Bertz CT molecular complexity index is 107. The van der Waals surface area contributed by atoms with Crippen LogP contribution in [0.1, 0.15) is 6.42 Å². The Morgan fingerprint density at radius 3 is 2.56 bits per heavy atom. The normalized spacial score (nSPS) is 27.2. The first kappa shape index (κ1) is 6.78. The van der Waals surface area contributed by atoms with Gasteiger partial charge in [0.15, 0.2) is 0 Å². The molecule has 0 fully saturated rings. The van der Waals surface area contributed by atoms with Crippen LogP contribution >= 0.6 is 0 Å². The third kappa shape index (κ3) is 1.80. The zero-order valence-corrected chi connectivity index (χ0v) is 6.09. The lowest BCUT2D eigenvalue weighted by Crippen LogP contribution is -2.42. The van der Waals surface area contributed by atoms with Gasteiger partial charge in [0.05, 0.1) is 6.17 Å². The third-order valence-electron chi connectivity index (χ3n) is 1.62. The first-order valence-corrected chi connectivity index (χ1v) is 3.35. The van der Waals surface area contributed by atoms with Gasteiger partial charge in [0.2, 0.25) is 0 Å². The second-order valence-corrected chi connectivity index (χ2v) is 2.59. The molecule has 0 aromatic carbocycles. The van der Waals surface area contributed by atoms with Crippen LogP contribution in [-0.4, -0.2) is 31.7 Å². The van der Waals surface area contributed by atoms with Gasteiger partial charge in [0.1, 0.15) is 0 Å². The largest absolute Gasteiger partial charge is 0.298 e. The van der Waals surface area contributed by atoms with Crippen molar-refractivity contribution >= 4 is 0 Å². The van der Waals surface area contributed by atoms with Crippen LogP contribution in [0.2, 0.25) is 0 Å². The van der Waals surface area contributed by atoms with Gasteiger partial charge in [-0.25, -0.2) is 0 Å². The van der Waals surface area contributed by atoms with Crippen molar-refractivity contribution in [3.8, 4) is 0 Å². The molecule has 0 amide bonds. The summed E-state index contributed by atoms with van der Waals surface area (Å²) in [6, 6.07) is 0. The molecule has 0 aromatic heterocycles. The molecule has 1 unspecified atom stereocenters. The topological polar surface area (TPSA) is 15.3 Å². The van der Waals surface area contributed by atoms with E-state index in [0.29, 0.717) is 6.17 Å². The van der Waals surface area contributed by atoms with E-state index in [1.54, 1.807) is 0 Å². The SMILES string of the molecule is CN(C)C1CC=CCN1. The van der Waals surface area contributed by atoms with Crippen LogP contribution in [0.4, 0.5) is 0 Å². The molecule has 0 radical (unpaired) electrons. The van der Waals surface area contributed by atoms with E-state index in [9.17, 15) is 0 Å². The van der Waals surface area contributed by atoms with E-state index in [1.165, 1.54) is 0 Å². The highest BCUT2D eigenvalue weighted by atomic mass is 15.2. The minimum atomic E-state index is 0.551. The van der Waals surface area contributed by atoms with Gasteiger partial charge in [-0.2, -0.15) is 0 Å². The van der Waals surface area contributed by atoms with E-state index in [4.69, 9.17) is 0 Å². The molecule has 0 saturated carbocycles. The first-order valence-electron chi connectivity index (χ1n) is 3.35. The fraction of sp³-hybridized carbons (Fsp3) is 0.714. The fourth-order valence-corrected chi connectivity index (χ4v) is 0.989. The van der Waals surface area contributed by atoms with Gasteiger partial charge in [0, 0.05) is 6.54 Å². The Morgan fingerprint density at radius 2 is 2.22 bits per heavy atom. The molecule has 1 N–H and O–H groups in total. The number of hydrogen-bond acceptors (Lipinski definition) is 2. The molecule has 1 aliphatic rings. The van der Waals surface area contributed by atoms with Crippen LogP contribution in [-0.2, 0) is 0 Å². The van der Waals surface area contributed by atoms with E-state index < -0.39 is 0 Å². The van der Waals surface area contributed by atoms with Crippen LogP contribution in [0.5, 0.6) is 0 Å². The van der Waals surface area contributed by atoms with Gasteiger partial charge in [-0.05, 0) is 20.5 Å². The average Bonchev–Trinajstić information content (AvgIpc) is 1.90. The van der Waals surface area contributed by atoms with E-state index >= 15 is 0 Å². The lowest BCUT2D eigenvalue weighted by atomic mass is 10.2. The smallest absolute Gasteiger partial charge is 0.0629 e. The minimum Gasteiger partial charge on any atom is -0.298 e. The summed E-state index contributed by atoms with van der Waals surface area (Å²) in [6.07, 6.45) is 6.07. The molecule has 0 bridgehead atoms. The lowest BCUT2D eigenvalue weighted by molar-refractivity contribution is 0.249. The van der Waals surface area contributed by atoms with Crippen molar-refractivity contribution in [3.63, 3.8) is 0 Å². The molecule has 1 heterocycles. The quantitative estimate of drug-likeness (QED) is 0.512. The van der Waals surface area contributed by atoms with Crippen molar-refractivity contribution in [1.29, 1.82) is 0 Å². The molecule has 2 nitrogen and oxygen atoms in total. The van der Waals surface area contributed by atoms with Crippen molar-refractivity contribution in [1.82, 2.24) is 10.2 Å². The van der Waals surface area contributed by atoms with Crippen molar-refractivity contribution in [2.45, 2.75) is 12.6 Å². The number of nitrogens with zero attached hydrogens (tertiary/aromatic N) is 1. The predicted octanol–water partition coefficient (Wildman–Crippen LogP) is 0.424. The van der Waals surface area contributed by atoms with Crippen LogP contribution in [0.3, 0.4) is 0 Å². The number of nitrogens with one attached hydrogen (secondary N) is 1. The maximum Gasteiger partial charge on any atom is 0.0629 e. The molecule has 0 spiro atoms. The van der Waals surface area contributed by atoms with Gasteiger partial charge < -0.3 is 0 Å². The zero-order valence-electron chi connectivity index (χ0n) is 6.09. The summed E-state index contributed by atoms with van der Waals surface area (Å²) in [5, 5.41) is 3.36. The summed E-state index contributed by atoms with van der Waals surface area (Å²) in [7, 11) is 4.19. The summed E-state index contributed by atoms with van der Waals surface area (Å²) in [5.74, 6) is 0. The molecule has 0 aromatic rings. The Kier molecular flexibility index (Phi) is 2.25. The maximum absolute atomic E-state index is 3.36. The molecule has 0 saturated heterocycles. The summed E-state index contributed by atoms with van der Waals surface area (Å²) < 4.78 is 0. The molecule has 1 atom stereocenters. The van der Waals surface area contributed by atoms with Crippen LogP contribution in [0.15, 0.2) is 12.2 Å². The molecule has 2 heteroatoms. The Hall–Kier alpha value is -0.340. The van der Waals surface area contributed by atoms with Crippen molar-refractivity contribution in [2.24, 2.45) is 0 Å². The van der Waals surface area contributed by atoms with Gasteiger partial charge in [-0.15, -0.1) is 0 Å². The van der Waals surface area contributed by atoms with Crippen molar-refractivity contribution in [3.05, 3.63) is 12.2 Å². The van der Waals surface area contributed by atoms with Crippen LogP contribution < -0.4 is 5.32 Å². The molecule has 1 rings (SSSR count). The predicted molar refractivity (Wildman–Crippen MR) is 39.2 cm³/mol. The van der Waals surface area contributed by atoms with Gasteiger partial charge in [0.25, 0.3) is 0 Å². The Balaban J connectivity index is 2.35. The average molecular weight is 126 g/mol. The molecule has 1 aliphatic heterocycles. The van der Waals surface area contributed by atoms with Crippen molar-refractivity contribution in [2.75, 3.05) is 20.6 Å². The number of rotatable bonds is 1. The maximum atomic E-state index is 3.36. The Morgan fingerprint density at radius 1 is 1.44 bits per heavy atom. The summed E-state index contributed by atoms with van der Waals surface area (Å²) >= 11 is 0. The first-order chi connectivity index (χ1) is 4.30. The van der Waals surface area contributed by atoms with Crippen LogP contribution in [0, 0.1) is 0 Å². The Labute approximate surface area is 56.5 Å². The molecular weight excluding hydrogens is 112 g/mol. The summed E-state index contributed by atoms with van der Waals surface area (Å²) in [4.78, 5) is 2.20. The summed E-state index contributed by atoms with van der Waals surface area (Å²) in [5.41, 5.74) is 0. The molecule has 52 valence electrons. The van der Waals surface area contributed by atoms with Gasteiger partial charge in [-0.1, -0.05) is 12.2 Å². The third-order valence-corrected chi connectivity index (χ3v) is 1.62. The lowest BCUT2D eigenvalue weighted by Gasteiger charge is -2.26. The van der Waals surface area contributed by atoms with E-state index in [0.717, 1.165) is 13.0 Å². The second kappa shape index (κ2) is 2.99. The molecule has 0 aliphatic carbocycles. The highest BCUT2D eigenvalue weighted by Gasteiger charge is 2.08. The summed E-state index contributed by atoms with van der Waals surface area (Å²) in [6.45, 7) is 1.02. The molecule has 9 heavy (non-hydrogen) atoms. The highest BCUT2D eigenvalue weighted by molar-refractivity contribution is 4.92. The second-order valence-electron chi connectivity index (χ2n) is 2.59. The van der Waals surface area contributed by atoms with E-state index in [-0.39, 0.29) is 0 Å². The fourth-order valence-electron chi connectivity index (χ4n) is 0.989.